The molecular weight excluding hydrogens is 226 g/mol. The molecule has 7 heteroatoms. The summed E-state index contributed by atoms with van der Waals surface area (Å²) in [6.07, 6.45) is 1.03. The largest absolute Gasteiger partial charge is 0.480 e. The van der Waals surface area contributed by atoms with Crippen molar-refractivity contribution in [2.45, 2.75) is 32.7 Å². The molecular formula is C10H19N3O4. The van der Waals surface area contributed by atoms with Crippen LogP contribution in [0.2, 0.25) is 0 Å². The van der Waals surface area contributed by atoms with E-state index in [1.807, 2.05) is 6.92 Å². The number of carbonyl (C=O) groups excluding carboxylic acids is 2. The average Bonchev–Trinajstić information content (AvgIpc) is 2.26. The molecule has 0 aliphatic rings. The van der Waals surface area contributed by atoms with Gasteiger partial charge in [-0.2, -0.15) is 0 Å². The van der Waals surface area contributed by atoms with E-state index in [0.29, 0.717) is 6.54 Å². The smallest absolute Gasteiger partial charge is 0.325 e. The van der Waals surface area contributed by atoms with Gasteiger partial charge in [-0.1, -0.05) is 6.92 Å². The average molecular weight is 245 g/mol. The van der Waals surface area contributed by atoms with Crippen molar-refractivity contribution in [2.24, 2.45) is 0 Å². The molecule has 0 aliphatic carbocycles. The topological polar surface area (TPSA) is 108 Å². The van der Waals surface area contributed by atoms with Crippen molar-refractivity contribution in [1.82, 2.24) is 16.0 Å². The Morgan fingerprint density at radius 2 is 1.82 bits per heavy atom. The Labute approximate surface area is 100.0 Å². The fraction of sp³-hybridized carbons (Fsp3) is 0.700. The van der Waals surface area contributed by atoms with Crippen molar-refractivity contribution in [2.75, 3.05) is 13.1 Å². The molecule has 0 rings (SSSR count). The van der Waals surface area contributed by atoms with Gasteiger partial charge in [0.15, 0.2) is 0 Å². The molecule has 0 saturated carbocycles. The van der Waals surface area contributed by atoms with Crippen LogP contribution in [0.15, 0.2) is 0 Å². The third-order valence-electron chi connectivity index (χ3n) is 1.93. The zero-order chi connectivity index (χ0) is 13.3. The van der Waals surface area contributed by atoms with Crippen LogP contribution in [0.5, 0.6) is 0 Å². The van der Waals surface area contributed by atoms with Crippen molar-refractivity contribution >= 4 is 17.9 Å². The molecule has 0 heterocycles. The van der Waals surface area contributed by atoms with Crippen LogP contribution in [0.1, 0.15) is 26.7 Å². The minimum Gasteiger partial charge on any atom is -0.480 e. The Morgan fingerprint density at radius 1 is 1.18 bits per heavy atom. The summed E-state index contributed by atoms with van der Waals surface area (Å²) < 4.78 is 0. The number of carboxylic acids is 1. The highest BCUT2D eigenvalue weighted by atomic mass is 16.4. The monoisotopic (exact) mass is 245 g/mol. The van der Waals surface area contributed by atoms with E-state index in [2.05, 4.69) is 16.0 Å². The molecule has 0 aromatic heterocycles. The van der Waals surface area contributed by atoms with Crippen molar-refractivity contribution in [3.05, 3.63) is 0 Å². The van der Waals surface area contributed by atoms with E-state index in [9.17, 15) is 14.4 Å². The molecule has 0 aliphatic heterocycles. The summed E-state index contributed by atoms with van der Waals surface area (Å²) in [6.45, 7) is 4.09. The Morgan fingerprint density at radius 3 is 2.35 bits per heavy atom. The summed E-state index contributed by atoms with van der Waals surface area (Å²) >= 11 is 0. The van der Waals surface area contributed by atoms with Crippen LogP contribution in [0.3, 0.4) is 0 Å². The quantitative estimate of drug-likeness (QED) is 0.492. The Bertz CT molecular complexity index is 281. The first kappa shape index (κ1) is 15.2. The van der Waals surface area contributed by atoms with E-state index in [1.165, 1.54) is 6.92 Å². The first-order chi connectivity index (χ1) is 7.97. The lowest BCUT2D eigenvalue weighted by atomic mass is 10.3. The minimum atomic E-state index is -1.11. The van der Waals surface area contributed by atoms with Crippen molar-refractivity contribution in [3.63, 3.8) is 0 Å². The first-order valence-electron chi connectivity index (χ1n) is 5.51. The molecule has 4 N–H and O–H groups in total. The van der Waals surface area contributed by atoms with E-state index in [-0.39, 0.29) is 18.9 Å². The maximum absolute atomic E-state index is 11.1. The predicted octanol–water partition coefficient (Wildman–Crippen LogP) is -0.325. The molecule has 1 atom stereocenters. The number of hydrogen-bond donors (Lipinski definition) is 4. The van der Waals surface area contributed by atoms with Crippen LogP contribution < -0.4 is 16.0 Å². The number of hydrogen-bond acceptors (Lipinski definition) is 3. The summed E-state index contributed by atoms with van der Waals surface area (Å²) in [5, 5.41) is 15.8. The van der Waals surface area contributed by atoms with E-state index in [4.69, 9.17) is 5.11 Å². The SMILES string of the molecule is CCCNC(=O)CCNC(=O)N[C@H](C)C(=O)O. The van der Waals surface area contributed by atoms with E-state index in [0.717, 1.165) is 6.42 Å². The molecule has 98 valence electrons. The molecule has 0 radical (unpaired) electrons. The fourth-order valence-electron chi connectivity index (χ4n) is 0.952. The number of carbonyl (C=O) groups is 3. The Balaban J connectivity index is 3.64. The molecule has 0 aromatic carbocycles. The van der Waals surface area contributed by atoms with Crippen molar-refractivity contribution < 1.29 is 19.5 Å². The molecule has 7 nitrogen and oxygen atoms in total. The van der Waals surface area contributed by atoms with Crippen LogP contribution in [0.25, 0.3) is 0 Å². The van der Waals surface area contributed by atoms with Gasteiger partial charge in [0.05, 0.1) is 0 Å². The lowest BCUT2D eigenvalue weighted by molar-refractivity contribution is -0.138. The van der Waals surface area contributed by atoms with Gasteiger partial charge >= 0.3 is 12.0 Å². The second kappa shape index (κ2) is 8.37. The standard InChI is InChI=1S/C10H19N3O4/c1-3-5-11-8(14)4-6-12-10(17)13-7(2)9(15)16/h7H,3-6H2,1-2H3,(H,11,14)(H,15,16)(H2,12,13,17)/t7-/m1/s1. The molecule has 0 aromatic rings. The number of rotatable bonds is 7. The van der Waals surface area contributed by atoms with Gasteiger partial charge in [-0.05, 0) is 13.3 Å². The lowest BCUT2D eigenvalue weighted by Gasteiger charge is -2.10. The van der Waals surface area contributed by atoms with E-state index >= 15 is 0 Å². The second-order valence-corrected chi connectivity index (χ2v) is 3.56. The molecule has 0 saturated heterocycles. The van der Waals surface area contributed by atoms with Crippen LogP contribution >= 0.6 is 0 Å². The van der Waals surface area contributed by atoms with Gasteiger partial charge in [-0.3, -0.25) is 9.59 Å². The maximum atomic E-state index is 11.1. The van der Waals surface area contributed by atoms with Gasteiger partial charge in [0.1, 0.15) is 6.04 Å². The number of urea groups is 1. The molecule has 0 fully saturated rings. The summed E-state index contributed by atoms with van der Waals surface area (Å²) in [5.41, 5.74) is 0. The summed E-state index contributed by atoms with van der Waals surface area (Å²) in [5.74, 6) is -1.25. The summed E-state index contributed by atoms with van der Waals surface area (Å²) in [6, 6.07) is -1.55. The highest BCUT2D eigenvalue weighted by Gasteiger charge is 2.13. The second-order valence-electron chi connectivity index (χ2n) is 3.56. The number of aliphatic carboxylic acids is 1. The maximum Gasteiger partial charge on any atom is 0.325 e. The molecule has 17 heavy (non-hydrogen) atoms. The highest BCUT2D eigenvalue weighted by Crippen LogP contribution is 1.82. The van der Waals surface area contributed by atoms with Crippen LogP contribution in [0, 0.1) is 0 Å². The lowest BCUT2D eigenvalue weighted by Crippen LogP contribution is -2.45. The van der Waals surface area contributed by atoms with Crippen molar-refractivity contribution in [3.8, 4) is 0 Å². The zero-order valence-electron chi connectivity index (χ0n) is 10.1. The predicted molar refractivity (Wildman–Crippen MR) is 61.5 cm³/mol. The Kier molecular flexibility index (Phi) is 7.49. The summed E-state index contributed by atoms with van der Waals surface area (Å²) in [7, 11) is 0. The molecule has 3 amide bonds. The van der Waals surface area contributed by atoms with Crippen molar-refractivity contribution in [1.29, 1.82) is 0 Å². The number of carboxylic acid groups (broad SMARTS) is 1. The van der Waals surface area contributed by atoms with Gasteiger partial charge < -0.3 is 21.1 Å². The van der Waals surface area contributed by atoms with Gasteiger partial charge in [0.2, 0.25) is 5.91 Å². The van der Waals surface area contributed by atoms with E-state index in [1.54, 1.807) is 0 Å². The molecule has 0 bridgehead atoms. The van der Waals surface area contributed by atoms with Gasteiger partial charge in [-0.25, -0.2) is 4.79 Å². The van der Waals surface area contributed by atoms with Crippen LogP contribution in [-0.4, -0.2) is 42.1 Å². The van der Waals surface area contributed by atoms with Crippen LogP contribution in [0.4, 0.5) is 4.79 Å². The molecule has 0 spiro atoms. The van der Waals surface area contributed by atoms with Gasteiger partial charge in [-0.15, -0.1) is 0 Å². The summed E-state index contributed by atoms with van der Waals surface area (Å²) in [4.78, 5) is 32.7. The third-order valence-corrected chi connectivity index (χ3v) is 1.93. The third kappa shape index (κ3) is 8.06. The highest BCUT2D eigenvalue weighted by molar-refractivity contribution is 5.82. The van der Waals surface area contributed by atoms with E-state index < -0.39 is 18.0 Å². The minimum absolute atomic E-state index is 0.140. The number of amides is 3. The fourth-order valence-corrected chi connectivity index (χ4v) is 0.952. The first-order valence-corrected chi connectivity index (χ1v) is 5.51. The number of nitrogens with one attached hydrogen (secondary N) is 3. The van der Waals surface area contributed by atoms with Gasteiger partial charge in [0.25, 0.3) is 0 Å². The Hall–Kier alpha value is -1.79. The normalized spacial score (nSPS) is 11.4. The van der Waals surface area contributed by atoms with Crippen LogP contribution in [-0.2, 0) is 9.59 Å². The zero-order valence-corrected chi connectivity index (χ0v) is 10.1. The molecule has 0 unspecified atom stereocenters. The van der Waals surface area contributed by atoms with Gasteiger partial charge in [0, 0.05) is 19.5 Å².